The maximum atomic E-state index is 13.3. The van der Waals surface area contributed by atoms with Crippen molar-refractivity contribution in [2.24, 2.45) is 11.8 Å². The first-order chi connectivity index (χ1) is 13.7. The molecule has 1 aromatic heterocycles. The summed E-state index contributed by atoms with van der Waals surface area (Å²) in [5.74, 6) is 0.804. The molecule has 0 bridgehead atoms. The summed E-state index contributed by atoms with van der Waals surface area (Å²) in [6, 6.07) is 5.75. The fourth-order valence-corrected chi connectivity index (χ4v) is 4.39. The Labute approximate surface area is 168 Å². The van der Waals surface area contributed by atoms with Gasteiger partial charge in [0, 0.05) is 39.4 Å². The number of likely N-dealkylation sites (tertiary alicyclic amines) is 1. The molecule has 1 saturated heterocycles. The van der Waals surface area contributed by atoms with Crippen LogP contribution in [0, 0.1) is 11.8 Å². The van der Waals surface area contributed by atoms with Crippen molar-refractivity contribution in [2.45, 2.75) is 51.5 Å². The smallest absolute Gasteiger partial charge is 0.227 e. The molecule has 3 rings (SSSR count). The van der Waals surface area contributed by atoms with Gasteiger partial charge < -0.3 is 14.5 Å². The van der Waals surface area contributed by atoms with Crippen LogP contribution in [0.5, 0.6) is 0 Å². The van der Waals surface area contributed by atoms with Gasteiger partial charge in [-0.25, -0.2) is 0 Å². The van der Waals surface area contributed by atoms with Gasteiger partial charge in [-0.2, -0.15) is 0 Å². The van der Waals surface area contributed by atoms with E-state index in [1.165, 1.54) is 32.1 Å². The second-order valence-electron chi connectivity index (χ2n) is 8.11. The molecule has 28 heavy (non-hydrogen) atoms. The van der Waals surface area contributed by atoms with E-state index in [9.17, 15) is 9.59 Å². The largest absolute Gasteiger partial charge is 0.383 e. The Balaban J connectivity index is 1.62. The molecule has 6 nitrogen and oxygen atoms in total. The molecule has 2 fully saturated rings. The molecule has 1 saturated carbocycles. The third kappa shape index (κ3) is 5.77. The van der Waals surface area contributed by atoms with Crippen LogP contribution in [0.1, 0.15) is 50.6 Å². The molecular formula is C22H33N3O3. The third-order valence-corrected chi connectivity index (χ3v) is 6.01. The maximum Gasteiger partial charge on any atom is 0.227 e. The molecular weight excluding hydrogens is 354 g/mol. The summed E-state index contributed by atoms with van der Waals surface area (Å²) < 4.78 is 5.21. The van der Waals surface area contributed by atoms with Crippen LogP contribution in [-0.2, 0) is 20.9 Å². The SMILES string of the molecule is COCCN(Cc1ccccn1)C(=O)[C@H]1CCC(=O)N(CC2CCCCC2)C1. The first-order valence-corrected chi connectivity index (χ1v) is 10.6. The van der Waals surface area contributed by atoms with Crippen molar-refractivity contribution in [1.82, 2.24) is 14.8 Å². The summed E-state index contributed by atoms with van der Waals surface area (Å²) in [5, 5.41) is 0. The molecule has 0 N–H and O–H groups in total. The summed E-state index contributed by atoms with van der Waals surface area (Å²) in [5.41, 5.74) is 0.873. The molecule has 0 radical (unpaired) electrons. The molecule has 1 aliphatic heterocycles. The van der Waals surface area contributed by atoms with Crippen molar-refractivity contribution in [3.63, 3.8) is 0 Å². The van der Waals surface area contributed by atoms with E-state index in [1.54, 1.807) is 13.3 Å². The van der Waals surface area contributed by atoms with Crippen molar-refractivity contribution in [1.29, 1.82) is 0 Å². The Bertz CT molecular complexity index is 631. The highest BCUT2D eigenvalue weighted by Crippen LogP contribution is 2.27. The van der Waals surface area contributed by atoms with E-state index >= 15 is 0 Å². The lowest BCUT2D eigenvalue weighted by Crippen LogP contribution is -2.48. The first-order valence-electron chi connectivity index (χ1n) is 10.6. The molecule has 154 valence electrons. The molecule has 2 aliphatic rings. The predicted octanol–water partition coefficient (Wildman–Crippen LogP) is 2.88. The monoisotopic (exact) mass is 387 g/mol. The number of methoxy groups -OCH3 is 1. The highest BCUT2D eigenvalue weighted by atomic mass is 16.5. The minimum Gasteiger partial charge on any atom is -0.383 e. The van der Waals surface area contributed by atoms with Gasteiger partial charge >= 0.3 is 0 Å². The first kappa shape index (κ1) is 20.8. The Morgan fingerprint density at radius 2 is 2.07 bits per heavy atom. The van der Waals surface area contributed by atoms with Gasteiger partial charge in [0.15, 0.2) is 0 Å². The van der Waals surface area contributed by atoms with Gasteiger partial charge in [0.2, 0.25) is 11.8 Å². The average Bonchev–Trinajstić information content (AvgIpc) is 2.73. The number of pyridine rings is 1. The standard InChI is InChI=1S/C22H33N3O3/c1-28-14-13-24(17-20-9-5-6-12-23-20)22(27)19-10-11-21(26)25(16-19)15-18-7-3-2-4-8-18/h5-6,9,12,18-19H,2-4,7-8,10-11,13-17H2,1H3/t19-/m0/s1. The zero-order chi connectivity index (χ0) is 19.8. The molecule has 0 spiro atoms. The van der Waals surface area contributed by atoms with E-state index in [-0.39, 0.29) is 17.7 Å². The Morgan fingerprint density at radius 3 is 2.79 bits per heavy atom. The molecule has 2 amide bonds. The van der Waals surface area contributed by atoms with Crippen LogP contribution in [0.25, 0.3) is 0 Å². The van der Waals surface area contributed by atoms with Gasteiger partial charge in [-0.15, -0.1) is 0 Å². The number of hydrogen-bond donors (Lipinski definition) is 0. The topological polar surface area (TPSA) is 62.7 Å². The zero-order valence-electron chi connectivity index (χ0n) is 17.0. The number of aromatic nitrogens is 1. The van der Waals surface area contributed by atoms with E-state index in [1.807, 2.05) is 28.0 Å². The Hall–Kier alpha value is -1.95. The molecule has 6 heteroatoms. The summed E-state index contributed by atoms with van der Waals surface area (Å²) in [4.78, 5) is 33.9. The van der Waals surface area contributed by atoms with Gasteiger partial charge in [0.25, 0.3) is 0 Å². The normalized spacial score (nSPS) is 21.0. The van der Waals surface area contributed by atoms with E-state index in [0.717, 1.165) is 12.2 Å². The summed E-state index contributed by atoms with van der Waals surface area (Å²) >= 11 is 0. The number of hydrogen-bond acceptors (Lipinski definition) is 4. The van der Waals surface area contributed by atoms with Gasteiger partial charge in [0.05, 0.1) is 24.8 Å². The number of rotatable bonds is 8. The zero-order valence-corrected chi connectivity index (χ0v) is 17.0. The van der Waals surface area contributed by atoms with Crippen molar-refractivity contribution in [3.05, 3.63) is 30.1 Å². The van der Waals surface area contributed by atoms with Crippen molar-refractivity contribution in [2.75, 3.05) is 33.4 Å². The number of amides is 2. The molecule has 2 heterocycles. The van der Waals surface area contributed by atoms with Gasteiger partial charge in [-0.1, -0.05) is 25.3 Å². The summed E-state index contributed by atoms with van der Waals surface area (Å²) in [7, 11) is 1.65. The number of nitrogens with zero attached hydrogens (tertiary/aromatic N) is 3. The second-order valence-corrected chi connectivity index (χ2v) is 8.11. The highest BCUT2D eigenvalue weighted by molar-refractivity contribution is 5.84. The van der Waals surface area contributed by atoms with Crippen LogP contribution in [0.15, 0.2) is 24.4 Å². The summed E-state index contributed by atoms with van der Waals surface area (Å²) in [6.07, 6.45) is 9.14. The van der Waals surface area contributed by atoms with Crippen molar-refractivity contribution >= 4 is 11.8 Å². The number of ether oxygens (including phenoxy) is 1. The van der Waals surface area contributed by atoms with Crippen LogP contribution in [0.2, 0.25) is 0 Å². The molecule has 1 atom stereocenters. The predicted molar refractivity (Wildman–Crippen MR) is 107 cm³/mol. The van der Waals surface area contributed by atoms with E-state index in [4.69, 9.17) is 4.74 Å². The summed E-state index contributed by atoms with van der Waals surface area (Å²) in [6.45, 7) is 2.89. The quantitative estimate of drug-likeness (QED) is 0.688. The van der Waals surface area contributed by atoms with Crippen LogP contribution >= 0.6 is 0 Å². The molecule has 0 unspecified atom stereocenters. The Kier molecular flexibility index (Phi) is 7.83. The van der Waals surface area contributed by atoms with Gasteiger partial charge in [-0.05, 0) is 37.3 Å². The van der Waals surface area contributed by atoms with Crippen molar-refractivity contribution in [3.8, 4) is 0 Å². The Morgan fingerprint density at radius 1 is 1.25 bits per heavy atom. The third-order valence-electron chi connectivity index (χ3n) is 6.01. The fraction of sp³-hybridized carbons (Fsp3) is 0.682. The maximum absolute atomic E-state index is 13.3. The van der Waals surface area contributed by atoms with Crippen LogP contribution in [0.4, 0.5) is 0 Å². The molecule has 1 aromatic rings. The lowest BCUT2D eigenvalue weighted by Gasteiger charge is -2.37. The minimum atomic E-state index is -0.123. The molecule has 0 aromatic carbocycles. The van der Waals surface area contributed by atoms with Crippen LogP contribution < -0.4 is 0 Å². The van der Waals surface area contributed by atoms with Gasteiger partial charge in [-0.3, -0.25) is 14.6 Å². The minimum absolute atomic E-state index is 0.115. The van der Waals surface area contributed by atoms with Crippen LogP contribution in [0.3, 0.4) is 0 Å². The lowest BCUT2D eigenvalue weighted by atomic mass is 9.87. The van der Waals surface area contributed by atoms with Crippen molar-refractivity contribution < 1.29 is 14.3 Å². The van der Waals surface area contributed by atoms with Crippen LogP contribution in [-0.4, -0.2) is 59.9 Å². The average molecular weight is 388 g/mol. The van der Waals surface area contributed by atoms with E-state index in [2.05, 4.69) is 4.98 Å². The van der Waals surface area contributed by atoms with E-state index in [0.29, 0.717) is 45.0 Å². The second kappa shape index (κ2) is 10.6. The fourth-order valence-electron chi connectivity index (χ4n) is 4.39. The number of carbonyl (C=O) groups excluding carboxylic acids is 2. The number of carbonyl (C=O) groups is 2. The van der Waals surface area contributed by atoms with E-state index < -0.39 is 0 Å². The lowest BCUT2D eigenvalue weighted by molar-refractivity contribution is -0.144. The number of piperidine rings is 1. The van der Waals surface area contributed by atoms with Gasteiger partial charge in [0.1, 0.15) is 0 Å². The molecule has 1 aliphatic carbocycles. The highest BCUT2D eigenvalue weighted by Gasteiger charge is 2.34.